The molecular weight excluding hydrogens is 176 g/mol. The molecule has 0 aromatic carbocycles. The molecular formula is C11H24N2O. The molecule has 0 amide bonds. The lowest BCUT2D eigenvalue weighted by molar-refractivity contribution is 0.149. The summed E-state index contributed by atoms with van der Waals surface area (Å²) >= 11 is 0. The second-order valence-electron chi connectivity index (χ2n) is 4.59. The van der Waals surface area contributed by atoms with Gasteiger partial charge < -0.3 is 15.7 Å². The molecule has 1 rings (SSSR count). The first-order valence-corrected chi connectivity index (χ1v) is 5.79. The predicted molar refractivity (Wildman–Crippen MR) is 59.1 cm³/mol. The Bertz CT molecular complexity index is 146. The number of nitrogens with zero attached hydrogens (tertiary/aromatic N) is 1. The van der Waals surface area contributed by atoms with Crippen LogP contribution in [0, 0.1) is 5.92 Å². The quantitative estimate of drug-likeness (QED) is 0.667. The van der Waals surface area contributed by atoms with Gasteiger partial charge in [0.05, 0.1) is 6.10 Å². The van der Waals surface area contributed by atoms with Crippen molar-refractivity contribution in [2.75, 3.05) is 26.7 Å². The van der Waals surface area contributed by atoms with Crippen molar-refractivity contribution in [2.24, 2.45) is 11.7 Å². The van der Waals surface area contributed by atoms with Crippen molar-refractivity contribution in [3.05, 3.63) is 0 Å². The van der Waals surface area contributed by atoms with Crippen LogP contribution in [0.25, 0.3) is 0 Å². The van der Waals surface area contributed by atoms with E-state index < -0.39 is 0 Å². The van der Waals surface area contributed by atoms with Crippen LogP contribution >= 0.6 is 0 Å². The highest BCUT2D eigenvalue weighted by Crippen LogP contribution is 2.25. The molecule has 3 heteroatoms. The predicted octanol–water partition coefficient (Wildman–Crippen LogP) is 0.818. The van der Waals surface area contributed by atoms with Gasteiger partial charge in [-0.1, -0.05) is 12.8 Å². The third-order valence-corrected chi connectivity index (χ3v) is 3.16. The highest BCUT2D eigenvalue weighted by molar-refractivity contribution is 4.71. The van der Waals surface area contributed by atoms with Crippen molar-refractivity contribution in [2.45, 2.75) is 38.2 Å². The summed E-state index contributed by atoms with van der Waals surface area (Å²) in [5, 5.41) is 9.32. The Morgan fingerprint density at radius 1 is 1.43 bits per heavy atom. The molecule has 0 aromatic rings. The van der Waals surface area contributed by atoms with Crippen LogP contribution in [0.2, 0.25) is 0 Å². The average Bonchev–Trinajstić information content (AvgIpc) is 2.66. The lowest BCUT2D eigenvalue weighted by Gasteiger charge is -2.21. The van der Waals surface area contributed by atoms with E-state index in [0.29, 0.717) is 6.54 Å². The molecule has 1 unspecified atom stereocenters. The smallest absolute Gasteiger partial charge is 0.0674 e. The van der Waals surface area contributed by atoms with Crippen LogP contribution in [0.3, 0.4) is 0 Å². The lowest BCUT2D eigenvalue weighted by Crippen LogP contribution is -2.30. The molecule has 0 bridgehead atoms. The summed E-state index contributed by atoms with van der Waals surface area (Å²) in [6.07, 6.45) is 6.09. The Morgan fingerprint density at radius 3 is 2.64 bits per heavy atom. The first-order chi connectivity index (χ1) is 6.72. The molecule has 0 aliphatic heterocycles. The van der Waals surface area contributed by atoms with Crippen LogP contribution in [0.4, 0.5) is 0 Å². The van der Waals surface area contributed by atoms with E-state index in [1.54, 1.807) is 0 Å². The Labute approximate surface area is 87.3 Å². The van der Waals surface area contributed by atoms with E-state index in [0.717, 1.165) is 18.9 Å². The van der Waals surface area contributed by atoms with Gasteiger partial charge in [0.15, 0.2) is 0 Å². The molecule has 3 nitrogen and oxygen atoms in total. The molecule has 1 saturated carbocycles. The van der Waals surface area contributed by atoms with Crippen LogP contribution in [0.5, 0.6) is 0 Å². The Kier molecular flexibility index (Phi) is 5.45. The summed E-state index contributed by atoms with van der Waals surface area (Å²) in [6, 6.07) is 0. The minimum Gasteiger partial charge on any atom is -0.392 e. The van der Waals surface area contributed by atoms with Crippen LogP contribution < -0.4 is 5.73 Å². The van der Waals surface area contributed by atoms with Crippen molar-refractivity contribution in [1.29, 1.82) is 0 Å². The van der Waals surface area contributed by atoms with Crippen LogP contribution in [0.1, 0.15) is 32.1 Å². The van der Waals surface area contributed by atoms with Gasteiger partial charge in [-0.05, 0) is 32.2 Å². The van der Waals surface area contributed by atoms with E-state index in [4.69, 9.17) is 5.73 Å². The van der Waals surface area contributed by atoms with E-state index in [9.17, 15) is 5.11 Å². The SMILES string of the molecule is CN(CCC(O)CN)CC1CCCC1. The number of hydrogen-bond acceptors (Lipinski definition) is 3. The second-order valence-corrected chi connectivity index (χ2v) is 4.59. The molecule has 0 aromatic heterocycles. The average molecular weight is 200 g/mol. The molecule has 0 saturated heterocycles. The largest absolute Gasteiger partial charge is 0.392 e. The number of aliphatic hydroxyl groups excluding tert-OH is 1. The third-order valence-electron chi connectivity index (χ3n) is 3.16. The normalized spacial score (nSPS) is 20.6. The molecule has 1 atom stereocenters. The van der Waals surface area contributed by atoms with Gasteiger partial charge in [-0.25, -0.2) is 0 Å². The van der Waals surface area contributed by atoms with Gasteiger partial charge in [-0.15, -0.1) is 0 Å². The number of nitrogens with two attached hydrogens (primary N) is 1. The van der Waals surface area contributed by atoms with Crippen molar-refractivity contribution in [3.63, 3.8) is 0 Å². The Morgan fingerprint density at radius 2 is 2.07 bits per heavy atom. The molecule has 1 fully saturated rings. The van der Waals surface area contributed by atoms with Gasteiger partial charge in [0.1, 0.15) is 0 Å². The van der Waals surface area contributed by atoms with Crippen LogP contribution in [-0.2, 0) is 0 Å². The fourth-order valence-corrected chi connectivity index (χ4v) is 2.21. The Balaban J connectivity index is 2.05. The zero-order valence-electron chi connectivity index (χ0n) is 9.28. The van der Waals surface area contributed by atoms with Crippen molar-refractivity contribution < 1.29 is 5.11 Å². The van der Waals surface area contributed by atoms with Gasteiger partial charge in [-0.3, -0.25) is 0 Å². The number of aliphatic hydroxyl groups is 1. The molecule has 0 radical (unpaired) electrons. The monoisotopic (exact) mass is 200 g/mol. The van der Waals surface area contributed by atoms with E-state index in [1.165, 1.54) is 32.2 Å². The Hall–Kier alpha value is -0.120. The van der Waals surface area contributed by atoms with E-state index in [1.807, 2.05) is 0 Å². The summed E-state index contributed by atoms with van der Waals surface area (Å²) < 4.78 is 0. The van der Waals surface area contributed by atoms with Crippen molar-refractivity contribution in [3.8, 4) is 0 Å². The zero-order valence-corrected chi connectivity index (χ0v) is 9.28. The van der Waals surface area contributed by atoms with Crippen LogP contribution in [-0.4, -0.2) is 42.8 Å². The van der Waals surface area contributed by atoms with Gasteiger partial charge in [0, 0.05) is 19.6 Å². The fourth-order valence-electron chi connectivity index (χ4n) is 2.21. The van der Waals surface area contributed by atoms with Crippen LogP contribution in [0.15, 0.2) is 0 Å². The lowest BCUT2D eigenvalue weighted by atomic mass is 10.1. The minimum atomic E-state index is -0.318. The maximum absolute atomic E-state index is 9.32. The van der Waals surface area contributed by atoms with Gasteiger partial charge in [-0.2, -0.15) is 0 Å². The first kappa shape index (κ1) is 12.0. The highest BCUT2D eigenvalue weighted by Gasteiger charge is 2.16. The number of rotatable bonds is 6. The maximum Gasteiger partial charge on any atom is 0.0674 e. The summed E-state index contributed by atoms with van der Waals surface area (Å²) in [5.74, 6) is 0.898. The summed E-state index contributed by atoms with van der Waals surface area (Å²) in [6.45, 7) is 2.55. The molecule has 1 aliphatic rings. The second kappa shape index (κ2) is 6.38. The topological polar surface area (TPSA) is 49.5 Å². The van der Waals surface area contributed by atoms with Crippen molar-refractivity contribution >= 4 is 0 Å². The standard InChI is InChI=1S/C11H24N2O/c1-13(7-6-11(14)8-12)9-10-4-2-3-5-10/h10-11,14H,2-9,12H2,1H3. The van der Waals surface area contributed by atoms with E-state index >= 15 is 0 Å². The minimum absolute atomic E-state index is 0.318. The maximum atomic E-state index is 9.32. The first-order valence-electron chi connectivity index (χ1n) is 5.79. The molecule has 14 heavy (non-hydrogen) atoms. The van der Waals surface area contributed by atoms with E-state index in [-0.39, 0.29) is 6.10 Å². The zero-order chi connectivity index (χ0) is 10.4. The summed E-state index contributed by atoms with van der Waals surface area (Å²) in [7, 11) is 2.14. The fraction of sp³-hybridized carbons (Fsp3) is 1.00. The van der Waals surface area contributed by atoms with Gasteiger partial charge in [0.25, 0.3) is 0 Å². The summed E-state index contributed by atoms with van der Waals surface area (Å²) in [5.41, 5.74) is 5.35. The molecule has 3 N–H and O–H groups in total. The molecule has 0 heterocycles. The molecule has 0 spiro atoms. The highest BCUT2D eigenvalue weighted by atomic mass is 16.3. The van der Waals surface area contributed by atoms with E-state index in [2.05, 4.69) is 11.9 Å². The third kappa shape index (κ3) is 4.40. The number of hydrogen-bond donors (Lipinski definition) is 2. The molecule has 1 aliphatic carbocycles. The molecule has 84 valence electrons. The van der Waals surface area contributed by atoms with Gasteiger partial charge >= 0.3 is 0 Å². The van der Waals surface area contributed by atoms with Gasteiger partial charge in [0.2, 0.25) is 0 Å². The van der Waals surface area contributed by atoms with Crippen molar-refractivity contribution in [1.82, 2.24) is 4.90 Å². The summed E-state index contributed by atoms with van der Waals surface area (Å²) in [4.78, 5) is 2.33.